The molecule has 92 valence electrons. The van der Waals surface area contributed by atoms with E-state index in [-0.39, 0.29) is 5.91 Å². The average Bonchev–Trinajstić information content (AvgIpc) is 3.14. The van der Waals surface area contributed by atoms with E-state index in [0.29, 0.717) is 12.6 Å². The van der Waals surface area contributed by atoms with Gasteiger partial charge in [-0.25, -0.2) is 4.98 Å². The molecule has 0 N–H and O–H groups in total. The van der Waals surface area contributed by atoms with Crippen molar-refractivity contribution in [2.45, 2.75) is 25.4 Å². The number of fused-ring (bicyclic) bond motifs is 1. The van der Waals surface area contributed by atoms with Crippen LogP contribution < -0.4 is 0 Å². The van der Waals surface area contributed by atoms with E-state index in [4.69, 9.17) is 0 Å². The number of carbonyl (C=O) groups is 1. The molecule has 2 aromatic rings. The van der Waals surface area contributed by atoms with E-state index in [1.807, 2.05) is 39.9 Å². The Morgan fingerprint density at radius 1 is 1.56 bits per heavy atom. The normalized spacial score (nSPS) is 14.7. The number of amides is 1. The third-order valence-electron chi connectivity index (χ3n) is 3.19. The Labute approximate surface area is 106 Å². The molecule has 18 heavy (non-hydrogen) atoms. The molecular weight excluding hydrogens is 226 g/mol. The number of aromatic nitrogens is 2. The van der Waals surface area contributed by atoms with Gasteiger partial charge in [0, 0.05) is 18.4 Å². The second kappa shape index (κ2) is 4.29. The van der Waals surface area contributed by atoms with Gasteiger partial charge in [0.05, 0.1) is 12.2 Å². The van der Waals surface area contributed by atoms with E-state index < -0.39 is 0 Å². The van der Waals surface area contributed by atoms with Gasteiger partial charge in [-0.05, 0) is 31.1 Å². The molecule has 1 saturated carbocycles. The van der Waals surface area contributed by atoms with Crippen molar-refractivity contribution < 1.29 is 4.79 Å². The predicted octanol–water partition coefficient (Wildman–Crippen LogP) is 2.01. The van der Waals surface area contributed by atoms with Gasteiger partial charge < -0.3 is 9.30 Å². The molecule has 1 aliphatic carbocycles. The lowest BCUT2D eigenvalue weighted by molar-refractivity contribution is -0.127. The van der Waals surface area contributed by atoms with E-state index in [1.165, 1.54) is 6.08 Å². The third kappa shape index (κ3) is 2.01. The minimum absolute atomic E-state index is 0.00504. The topological polar surface area (TPSA) is 37.6 Å². The van der Waals surface area contributed by atoms with E-state index >= 15 is 0 Å². The summed E-state index contributed by atoms with van der Waals surface area (Å²) in [5, 5.41) is 0. The van der Waals surface area contributed by atoms with Crippen LogP contribution in [0.2, 0.25) is 0 Å². The molecule has 0 unspecified atom stereocenters. The van der Waals surface area contributed by atoms with Crippen LogP contribution in [-0.4, -0.2) is 26.2 Å². The van der Waals surface area contributed by atoms with Crippen LogP contribution in [0.15, 0.2) is 43.2 Å². The van der Waals surface area contributed by atoms with Crippen LogP contribution in [0.1, 0.15) is 18.5 Å². The summed E-state index contributed by atoms with van der Waals surface area (Å²) in [6.07, 6.45) is 7.50. The first kappa shape index (κ1) is 11.0. The van der Waals surface area contributed by atoms with Crippen LogP contribution in [0.3, 0.4) is 0 Å². The number of hydrogen-bond acceptors (Lipinski definition) is 2. The van der Waals surface area contributed by atoms with Crippen molar-refractivity contribution in [2.24, 2.45) is 0 Å². The molecule has 1 aliphatic rings. The van der Waals surface area contributed by atoms with E-state index in [0.717, 1.165) is 24.2 Å². The molecule has 1 fully saturated rings. The van der Waals surface area contributed by atoms with Crippen LogP contribution >= 0.6 is 0 Å². The Morgan fingerprint density at radius 2 is 2.39 bits per heavy atom. The fourth-order valence-electron chi connectivity index (χ4n) is 2.13. The first-order chi connectivity index (χ1) is 8.78. The van der Waals surface area contributed by atoms with Crippen molar-refractivity contribution in [3.63, 3.8) is 0 Å². The molecule has 0 atom stereocenters. The van der Waals surface area contributed by atoms with Gasteiger partial charge in [0.15, 0.2) is 0 Å². The Balaban J connectivity index is 1.85. The van der Waals surface area contributed by atoms with Gasteiger partial charge in [0.1, 0.15) is 5.65 Å². The van der Waals surface area contributed by atoms with Crippen molar-refractivity contribution in [3.8, 4) is 0 Å². The molecule has 4 nitrogen and oxygen atoms in total. The second-order valence-corrected chi connectivity index (χ2v) is 4.60. The number of imidazole rings is 1. The van der Waals surface area contributed by atoms with Gasteiger partial charge in [-0.2, -0.15) is 0 Å². The van der Waals surface area contributed by atoms with Crippen LogP contribution in [-0.2, 0) is 11.3 Å². The quantitative estimate of drug-likeness (QED) is 0.768. The summed E-state index contributed by atoms with van der Waals surface area (Å²) in [6, 6.07) is 6.26. The number of pyridine rings is 1. The first-order valence-electron chi connectivity index (χ1n) is 6.13. The Kier molecular flexibility index (Phi) is 2.63. The van der Waals surface area contributed by atoms with Crippen molar-refractivity contribution in [1.29, 1.82) is 0 Å². The summed E-state index contributed by atoms with van der Waals surface area (Å²) in [7, 11) is 0. The molecule has 3 rings (SSSR count). The SMILES string of the molecule is C=CC(=O)N(Cc1cn2ccccc2n1)C1CC1. The monoisotopic (exact) mass is 241 g/mol. The maximum Gasteiger partial charge on any atom is 0.246 e. The average molecular weight is 241 g/mol. The van der Waals surface area contributed by atoms with E-state index in [1.54, 1.807) is 0 Å². The Morgan fingerprint density at radius 3 is 3.06 bits per heavy atom. The molecule has 0 saturated heterocycles. The maximum atomic E-state index is 11.8. The fraction of sp³-hybridized carbons (Fsp3) is 0.286. The summed E-state index contributed by atoms with van der Waals surface area (Å²) in [5.41, 5.74) is 1.83. The highest BCUT2D eigenvalue weighted by Gasteiger charge is 2.31. The molecule has 0 aliphatic heterocycles. The maximum absolute atomic E-state index is 11.8. The number of nitrogens with zero attached hydrogens (tertiary/aromatic N) is 3. The Bertz CT molecular complexity index is 565. The number of hydrogen-bond donors (Lipinski definition) is 0. The smallest absolute Gasteiger partial charge is 0.246 e. The minimum atomic E-state index is -0.00504. The standard InChI is InChI=1S/C14H15N3O/c1-2-14(18)17(12-6-7-12)10-11-9-16-8-4-3-5-13(16)15-11/h2-5,8-9,12H,1,6-7,10H2. The molecule has 0 spiro atoms. The third-order valence-corrected chi connectivity index (χ3v) is 3.19. The molecule has 2 heterocycles. The van der Waals surface area contributed by atoms with Crippen LogP contribution in [0, 0.1) is 0 Å². The highest BCUT2D eigenvalue weighted by Crippen LogP contribution is 2.28. The van der Waals surface area contributed by atoms with Crippen LogP contribution in [0.5, 0.6) is 0 Å². The largest absolute Gasteiger partial charge is 0.330 e. The van der Waals surface area contributed by atoms with E-state index in [9.17, 15) is 4.79 Å². The molecule has 2 aromatic heterocycles. The summed E-state index contributed by atoms with van der Waals surface area (Å²) < 4.78 is 1.97. The molecule has 4 heteroatoms. The van der Waals surface area contributed by atoms with Gasteiger partial charge in [0.2, 0.25) is 5.91 Å². The van der Waals surface area contributed by atoms with Gasteiger partial charge in [-0.15, -0.1) is 0 Å². The highest BCUT2D eigenvalue weighted by molar-refractivity contribution is 5.87. The Hall–Kier alpha value is -2.10. The molecule has 1 amide bonds. The second-order valence-electron chi connectivity index (χ2n) is 4.60. The van der Waals surface area contributed by atoms with E-state index in [2.05, 4.69) is 11.6 Å². The van der Waals surface area contributed by atoms with Crippen molar-refractivity contribution in [1.82, 2.24) is 14.3 Å². The fourth-order valence-corrected chi connectivity index (χ4v) is 2.13. The minimum Gasteiger partial charge on any atom is -0.330 e. The van der Waals surface area contributed by atoms with Gasteiger partial charge >= 0.3 is 0 Å². The zero-order valence-corrected chi connectivity index (χ0v) is 10.1. The zero-order valence-electron chi connectivity index (χ0n) is 10.1. The zero-order chi connectivity index (χ0) is 12.5. The summed E-state index contributed by atoms with van der Waals surface area (Å²) in [5.74, 6) is -0.00504. The predicted molar refractivity (Wildman–Crippen MR) is 69.0 cm³/mol. The van der Waals surface area contributed by atoms with Crippen LogP contribution in [0.4, 0.5) is 0 Å². The summed E-state index contributed by atoms with van der Waals surface area (Å²) in [4.78, 5) is 18.2. The van der Waals surface area contributed by atoms with Crippen molar-refractivity contribution in [3.05, 3.63) is 48.9 Å². The summed E-state index contributed by atoms with van der Waals surface area (Å²) >= 11 is 0. The lowest BCUT2D eigenvalue weighted by atomic mass is 10.3. The highest BCUT2D eigenvalue weighted by atomic mass is 16.2. The van der Waals surface area contributed by atoms with Crippen molar-refractivity contribution in [2.75, 3.05) is 0 Å². The lowest BCUT2D eigenvalue weighted by Gasteiger charge is -2.19. The number of carbonyl (C=O) groups excluding carboxylic acids is 1. The lowest BCUT2D eigenvalue weighted by Crippen LogP contribution is -2.31. The number of rotatable bonds is 4. The summed E-state index contributed by atoms with van der Waals surface area (Å²) in [6.45, 7) is 4.13. The molecule has 0 bridgehead atoms. The van der Waals surface area contributed by atoms with Gasteiger partial charge in [-0.1, -0.05) is 12.6 Å². The van der Waals surface area contributed by atoms with Crippen LogP contribution in [0.25, 0.3) is 5.65 Å². The molecule has 0 aromatic carbocycles. The van der Waals surface area contributed by atoms with Crippen molar-refractivity contribution >= 4 is 11.6 Å². The van der Waals surface area contributed by atoms with Gasteiger partial charge in [-0.3, -0.25) is 4.79 Å². The molecular formula is C14H15N3O. The molecule has 0 radical (unpaired) electrons. The first-order valence-corrected chi connectivity index (χ1v) is 6.13. The van der Waals surface area contributed by atoms with Gasteiger partial charge in [0.25, 0.3) is 0 Å².